The number of nitrogens with zero attached hydrogens (tertiary/aromatic N) is 2. The third kappa shape index (κ3) is 5.87. The zero-order valence-corrected chi connectivity index (χ0v) is 18.0. The standard InChI is InChI=1S/C22H32N4O4/c1-22(2,3)30-21(29)26-13-7-10-18(26)19(27)23-17-11-14-25(15-12-17)20(28)24-16-8-5-4-6-9-16/h4-6,8-9,17-18H,7,10-15H2,1-3H3,(H,23,27)(H,24,28). The summed E-state index contributed by atoms with van der Waals surface area (Å²) in [5.74, 6) is -0.134. The SMILES string of the molecule is CC(C)(C)OC(=O)N1CCCC1C(=O)NC1CCN(C(=O)Nc2ccccc2)CC1. The largest absolute Gasteiger partial charge is 0.444 e. The molecule has 1 unspecified atom stereocenters. The summed E-state index contributed by atoms with van der Waals surface area (Å²) in [6, 6.07) is 8.74. The Bertz CT molecular complexity index is 754. The molecule has 1 atom stereocenters. The van der Waals surface area contributed by atoms with Crippen LogP contribution in [0.5, 0.6) is 0 Å². The molecule has 0 saturated carbocycles. The number of para-hydroxylation sites is 1. The topological polar surface area (TPSA) is 91.0 Å². The number of rotatable bonds is 3. The third-order valence-electron chi connectivity index (χ3n) is 5.34. The normalized spacial score (nSPS) is 20.0. The highest BCUT2D eigenvalue weighted by Crippen LogP contribution is 2.22. The van der Waals surface area contributed by atoms with Gasteiger partial charge in [0.2, 0.25) is 5.91 Å². The quantitative estimate of drug-likeness (QED) is 0.792. The number of ether oxygens (including phenoxy) is 1. The van der Waals surface area contributed by atoms with Crippen molar-refractivity contribution < 1.29 is 19.1 Å². The molecule has 1 aromatic carbocycles. The van der Waals surface area contributed by atoms with E-state index >= 15 is 0 Å². The Morgan fingerprint density at radius 3 is 2.30 bits per heavy atom. The minimum absolute atomic E-state index is 0.000591. The van der Waals surface area contributed by atoms with Crippen molar-refractivity contribution in [2.75, 3.05) is 25.0 Å². The van der Waals surface area contributed by atoms with Gasteiger partial charge in [-0.2, -0.15) is 0 Å². The number of hydrogen-bond acceptors (Lipinski definition) is 4. The maximum absolute atomic E-state index is 12.8. The Morgan fingerprint density at radius 2 is 1.67 bits per heavy atom. The lowest BCUT2D eigenvalue weighted by molar-refractivity contribution is -0.126. The van der Waals surface area contributed by atoms with Gasteiger partial charge >= 0.3 is 12.1 Å². The smallest absolute Gasteiger partial charge is 0.410 e. The Labute approximate surface area is 177 Å². The van der Waals surface area contributed by atoms with Crippen molar-refractivity contribution in [3.63, 3.8) is 0 Å². The molecule has 30 heavy (non-hydrogen) atoms. The van der Waals surface area contributed by atoms with Gasteiger partial charge in [0.05, 0.1) is 0 Å². The fraction of sp³-hybridized carbons (Fsp3) is 0.591. The second-order valence-electron chi connectivity index (χ2n) is 8.90. The molecule has 1 aromatic rings. The van der Waals surface area contributed by atoms with Crippen LogP contribution in [0.15, 0.2) is 30.3 Å². The van der Waals surface area contributed by atoms with Gasteiger partial charge in [-0.05, 0) is 58.6 Å². The molecular weight excluding hydrogens is 384 g/mol. The van der Waals surface area contributed by atoms with Gasteiger partial charge in [-0.25, -0.2) is 9.59 Å². The number of piperidine rings is 1. The second-order valence-corrected chi connectivity index (χ2v) is 8.90. The van der Waals surface area contributed by atoms with Gasteiger partial charge in [-0.15, -0.1) is 0 Å². The van der Waals surface area contributed by atoms with Gasteiger partial charge in [0.25, 0.3) is 0 Å². The van der Waals surface area contributed by atoms with Gasteiger partial charge in [0.15, 0.2) is 0 Å². The summed E-state index contributed by atoms with van der Waals surface area (Å²) in [6.45, 7) is 7.13. The molecule has 0 radical (unpaired) electrons. The van der Waals surface area contributed by atoms with E-state index in [4.69, 9.17) is 4.74 Å². The molecule has 8 heteroatoms. The molecule has 2 saturated heterocycles. The van der Waals surface area contributed by atoms with Crippen LogP contribution in [0, 0.1) is 0 Å². The summed E-state index contributed by atoms with van der Waals surface area (Å²) in [5, 5.41) is 5.96. The first kappa shape index (κ1) is 21.9. The summed E-state index contributed by atoms with van der Waals surface area (Å²) < 4.78 is 5.44. The molecule has 164 valence electrons. The van der Waals surface area contributed by atoms with Crippen molar-refractivity contribution in [1.82, 2.24) is 15.1 Å². The minimum atomic E-state index is -0.589. The molecule has 2 aliphatic heterocycles. The molecule has 2 heterocycles. The fourth-order valence-corrected chi connectivity index (χ4v) is 3.83. The monoisotopic (exact) mass is 416 g/mol. The van der Waals surface area contributed by atoms with Gasteiger partial charge in [0.1, 0.15) is 11.6 Å². The van der Waals surface area contributed by atoms with Gasteiger partial charge in [0, 0.05) is 31.4 Å². The Balaban J connectivity index is 1.46. The number of anilines is 1. The molecule has 2 fully saturated rings. The molecule has 0 aromatic heterocycles. The predicted octanol–water partition coefficient (Wildman–Crippen LogP) is 3.20. The van der Waals surface area contributed by atoms with Crippen molar-refractivity contribution in [2.45, 2.75) is 64.1 Å². The molecule has 2 aliphatic rings. The van der Waals surface area contributed by atoms with Crippen LogP contribution >= 0.6 is 0 Å². The number of amides is 4. The highest BCUT2D eigenvalue weighted by atomic mass is 16.6. The summed E-state index contributed by atoms with van der Waals surface area (Å²) in [4.78, 5) is 40.9. The highest BCUT2D eigenvalue weighted by Gasteiger charge is 2.37. The minimum Gasteiger partial charge on any atom is -0.444 e. The van der Waals surface area contributed by atoms with Crippen LogP contribution in [0.2, 0.25) is 0 Å². The van der Waals surface area contributed by atoms with E-state index in [2.05, 4.69) is 10.6 Å². The number of carbonyl (C=O) groups is 3. The van der Waals surface area contributed by atoms with E-state index < -0.39 is 17.7 Å². The average Bonchev–Trinajstić information content (AvgIpc) is 3.18. The van der Waals surface area contributed by atoms with Crippen molar-refractivity contribution in [2.24, 2.45) is 0 Å². The summed E-state index contributed by atoms with van der Waals surface area (Å²) in [5.41, 5.74) is 0.176. The van der Waals surface area contributed by atoms with E-state index in [9.17, 15) is 14.4 Å². The van der Waals surface area contributed by atoms with Crippen LogP contribution in [-0.4, -0.2) is 65.2 Å². The van der Waals surface area contributed by atoms with E-state index in [0.29, 0.717) is 38.9 Å². The summed E-state index contributed by atoms with van der Waals surface area (Å²) in [6.07, 6.45) is 2.37. The second kappa shape index (κ2) is 9.36. The van der Waals surface area contributed by atoms with Crippen LogP contribution in [0.3, 0.4) is 0 Å². The predicted molar refractivity (Wildman–Crippen MR) is 114 cm³/mol. The number of carbonyl (C=O) groups excluding carboxylic acids is 3. The molecule has 2 N–H and O–H groups in total. The van der Waals surface area contributed by atoms with E-state index in [1.807, 2.05) is 51.1 Å². The zero-order valence-electron chi connectivity index (χ0n) is 18.0. The molecule has 0 aliphatic carbocycles. The van der Waals surface area contributed by atoms with Crippen molar-refractivity contribution in [1.29, 1.82) is 0 Å². The van der Waals surface area contributed by atoms with Crippen LogP contribution < -0.4 is 10.6 Å². The fourth-order valence-electron chi connectivity index (χ4n) is 3.83. The number of hydrogen-bond donors (Lipinski definition) is 2. The van der Waals surface area contributed by atoms with Crippen LogP contribution in [0.25, 0.3) is 0 Å². The summed E-state index contributed by atoms with van der Waals surface area (Å²) in [7, 11) is 0. The molecule has 0 bridgehead atoms. The van der Waals surface area contributed by atoms with E-state index in [0.717, 1.165) is 12.1 Å². The first-order valence-corrected chi connectivity index (χ1v) is 10.6. The number of benzene rings is 1. The maximum atomic E-state index is 12.8. The lowest BCUT2D eigenvalue weighted by atomic mass is 10.0. The zero-order chi connectivity index (χ0) is 21.7. The number of likely N-dealkylation sites (tertiary alicyclic amines) is 2. The van der Waals surface area contributed by atoms with Gasteiger partial charge in [-0.1, -0.05) is 18.2 Å². The third-order valence-corrected chi connectivity index (χ3v) is 5.34. The lowest BCUT2D eigenvalue weighted by Crippen LogP contribution is -2.53. The lowest BCUT2D eigenvalue weighted by Gasteiger charge is -2.34. The molecule has 4 amide bonds. The summed E-state index contributed by atoms with van der Waals surface area (Å²) >= 11 is 0. The number of nitrogens with one attached hydrogen (secondary N) is 2. The Morgan fingerprint density at radius 1 is 1.00 bits per heavy atom. The first-order valence-electron chi connectivity index (χ1n) is 10.6. The molecule has 8 nitrogen and oxygen atoms in total. The van der Waals surface area contributed by atoms with Crippen LogP contribution in [0.1, 0.15) is 46.5 Å². The Kier molecular flexibility index (Phi) is 6.84. The van der Waals surface area contributed by atoms with Crippen molar-refractivity contribution in [3.05, 3.63) is 30.3 Å². The van der Waals surface area contributed by atoms with Gasteiger partial charge < -0.3 is 20.3 Å². The maximum Gasteiger partial charge on any atom is 0.410 e. The molecule has 0 spiro atoms. The first-order chi connectivity index (χ1) is 14.2. The van der Waals surface area contributed by atoms with Crippen molar-refractivity contribution >= 4 is 23.7 Å². The van der Waals surface area contributed by atoms with E-state index in [-0.39, 0.29) is 18.0 Å². The van der Waals surface area contributed by atoms with Gasteiger partial charge in [-0.3, -0.25) is 9.69 Å². The van der Waals surface area contributed by atoms with E-state index in [1.54, 1.807) is 4.90 Å². The van der Waals surface area contributed by atoms with Crippen LogP contribution in [0.4, 0.5) is 15.3 Å². The van der Waals surface area contributed by atoms with Crippen LogP contribution in [-0.2, 0) is 9.53 Å². The molecule has 3 rings (SSSR count). The highest BCUT2D eigenvalue weighted by molar-refractivity contribution is 5.89. The average molecular weight is 417 g/mol. The van der Waals surface area contributed by atoms with E-state index in [1.165, 1.54) is 4.90 Å². The molecular formula is C22H32N4O4. The Hall–Kier alpha value is -2.77. The van der Waals surface area contributed by atoms with Crippen molar-refractivity contribution in [3.8, 4) is 0 Å². The number of urea groups is 1.